The molecule has 0 aliphatic carbocycles. The van der Waals surface area contributed by atoms with Gasteiger partial charge in [-0.25, -0.2) is 0 Å². The van der Waals surface area contributed by atoms with E-state index in [1.807, 2.05) is 17.0 Å². The van der Waals surface area contributed by atoms with Gasteiger partial charge in [-0.05, 0) is 30.0 Å². The number of nitrogens with zero attached hydrogens (tertiary/aromatic N) is 3. The van der Waals surface area contributed by atoms with Crippen LogP contribution in [0.3, 0.4) is 0 Å². The first-order valence-corrected chi connectivity index (χ1v) is 7.07. The molecule has 1 aromatic carbocycles. The largest absolute Gasteiger partial charge is 0.338 e. The molecule has 0 aliphatic heterocycles. The first-order valence-electron chi connectivity index (χ1n) is 7.07. The van der Waals surface area contributed by atoms with Crippen molar-refractivity contribution >= 4 is 16.9 Å². The molecule has 0 spiro atoms. The molecule has 0 atom stereocenters. The summed E-state index contributed by atoms with van der Waals surface area (Å²) in [6, 6.07) is 5.45. The Kier molecular flexibility index (Phi) is 4.37. The van der Waals surface area contributed by atoms with Gasteiger partial charge < -0.3 is 4.90 Å². The number of amides is 1. The van der Waals surface area contributed by atoms with Crippen LogP contribution in [0.1, 0.15) is 38.1 Å². The van der Waals surface area contributed by atoms with Crippen molar-refractivity contribution in [3.63, 3.8) is 0 Å². The Morgan fingerprint density at radius 2 is 1.70 bits per heavy atom. The molecule has 20 heavy (non-hydrogen) atoms. The Morgan fingerprint density at radius 1 is 1.10 bits per heavy atom. The highest BCUT2D eigenvalue weighted by Crippen LogP contribution is 2.14. The molecule has 0 bridgehead atoms. The second-order valence-electron chi connectivity index (χ2n) is 6.02. The van der Waals surface area contributed by atoms with Gasteiger partial charge in [-0.1, -0.05) is 27.7 Å². The minimum absolute atomic E-state index is 0.0669. The first-order chi connectivity index (χ1) is 9.47. The second-order valence-corrected chi connectivity index (χ2v) is 6.02. The maximum atomic E-state index is 12.6. The molecule has 0 aliphatic rings. The molecule has 2 aromatic rings. The van der Waals surface area contributed by atoms with Crippen LogP contribution in [-0.4, -0.2) is 39.3 Å². The minimum Gasteiger partial charge on any atom is -0.338 e. The van der Waals surface area contributed by atoms with E-state index in [9.17, 15) is 4.79 Å². The Morgan fingerprint density at radius 3 is 2.30 bits per heavy atom. The van der Waals surface area contributed by atoms with E-state index in [4.69, 9.17) is 0 Å². The third kappa shape index (κ3) is 3.35. The molecule has 2 rings (SSSR count). The number of benzene rings is 1. The molecule has 5 heteroatoms. The van der Waals surface area contributed by atoms with Gasteiger partial charge >= 0.3 is 0 Å². The molecule has 1 heterocycles. The quantitative estimate of drug-likeness (QED) is 0.912. The van der Waals surface area contributed by atoms with Crippen LogP contribution in [0, 0.1) is 11.8 Å². The van der Waals surface area contributed by atoms with Gasteiger partial charge in [0, 0.05) is 18.7 Å². The third-order valence-electron chi connectivity index (χ3n) is 3.02. The van der Waals surface area contributed by atoms with Crippen LogP contribution in [0.15, 0.2) is 18.2 Å². The molecular weight excluding hydrogens is 252 g/mol. The Labute approximate surface area is 119 Å². The van der Waals surface area contributed by atoms with Crippen LogP contribution in [0.4, 0.5) is 0 Å². The average Bonchev–Trinajstić information content (AvgIpc) is 2.83. The van der Waals surface area contributed by atoms with E-state index >= 15 is 0 Å². The zero-order valence-electron chi connectivity index (χ0n) is 12.6. The number of carbonyl (C=O) groups is 1. The van der Waals surface area contributed by atoms with Crippen molar-refractivity contribution in [2.24, 2.45) is 11.8 Å². The number of nitrogens with one attached hydrogen (secondary N) is 1. The number of carbonyl (C=O) groups excluding carboxylic acids is 1. The lowest BCUT2D eigenvalue weighted by atomic mass is 10.1. The SMILES string of the molecule is CC(C)CN(CC(C)C)C(=O)c1ccc2n[nH]nc2c1. The van der Waals surface area contributed by atoms with E-state index in [-0.39, 0.29) is 5.91 Å². The van der Waals surface area contributed by atoms with Crippen molar-refractivity contribution in [3.8, 4) is 0 Å². The molecule has 0 unspecified atom stereocenters. The number of hydrogen-bond donors (Lipinski definition) is 1. The fraction of sp³-hybridized carbons (Fsp3) is 0.533. The Bertz CT molecular complexity index is 578. The molecule has 1 aromatic heterocycles. The second kappa shape index (κ2) is 6.03. The number of fused-ring (bicyclic) bond motifs is 1. The van der Waals surface area contributed by atoms with Crippen LogP contribution < -0.4 is 0 Å². The summed E-state index contributed by atoms with van der Waals surface area (Å²) < 4.78 is 0. The molecule has 1 amide bonds. The van der Waals surface area contributed by atoms with Gasteiger partial charge in [0.2, 0.25) is 0 Å². The average molecular weight is 274 g/mol. The van der Waals surface area contributed by atoms with Crippen molar-refractivity contribution in [3.05, 3.63) is 23.8 Å². The van der Waals surface area contributed by atoms with Gasteiger partial charge in [0.1, 0.15) is 11.0 Å². The van der Waals surface area contributed by atoms with E-state index in [1.165, 1.54) is 0 Å². The molecule has 0 fully saturated rings. The predicted molar refractivity (Wildman–Crippen MR) is 79.5 cm³/mol. The highest BCUT2D eigenvalue weighted by atomic mass is 16.2. The lowest BCUT2D eigenvalue weighted by molar-refractivity contribution is 0.0715. The smallest absolute Gasteiger partial charge is 0.253 e. The third-order valence-corrected chi connectivity index (χ3v) is 3.02. The summed E-state index contributed by atoms with van der Waals surface area (Å²) >= 11 is 0. The highest BCUT2D eigenvalue weighted by molar-refractivity contribution is 5.97. The lowest BCUT2D eigenvalue weighted by Gasteiger charge is -2.26. The lowest BCUT2D eigenvalue weighted by Crippen LogP contribution is -2.37. The maximum Gasteiger partial charge on any atom is 0.253 e. The van der Waals surface area contributed by atoms with Gasteiger partial charge in [0.25, 0.3) is 5.91 Å². The number of aromatic amines is 1. The van der Waals surface area contributed by atoms with E-state index in [0.29, 0.717) is 17.4 Å². The highest BCUT2D eigenvalue weighted by Gasteiger charge is 2.18. The summed E-state index contributed by atoms with van der Waals surface area (Å²) in [5.74, 6) is 0.972. The van der Waals surface area contributed by atoms with Gasteiger partial charge in [-0.2, -0.15) is 15.4 Å². The molecule has 0 radical (unpaired) electrons. The van der Waals surface area contributed by atoms with E-state index in [2.05, 4.69) is 43.1 Å². The van der Waals surface area contributed by atoms with Crippen molar-refractivity contribution in [1.29, 1.82) is 0 Å². The normalized spacial score (nSPS) is 11.5. The van der Waals surface area contributed by atoms with Crippen molar-refractivity contribution in [2.75, 3.05) is 13.1 Å². The fourth-order valence-electron chi connectivity index (χ4n) is 2.28. The van der Waals surface area contributed by atoms with Crippen molar-refractivity contribution in [2.45, 2.75) is 27.7 Å². The zero-order valence-corrected chi connectivity index (χ0v) is 12.6. The topological polar surface area (TPSA) is 61.9 Å². The maximum absolute atomic E-state index is 12.6. The van der Waals surface area contributed by atoms with Gasteiger partial charge in [-0.15, -0.1) is 0 Å². The van der Waals surface area contributed by atoms with Crippen molar-refractivity contribution in [1.82, 2.24) is 20.3 Å². The Balaban J connectivity index is 2.24. The summed E-state index contributed by atoms with van der Waals surface area (Å²) in [4.78, 5) is 14.6. The molecule has 1 N–H and O–H groups in total. The molecule has 5 nitrogen and oxygen atoms in total. The van der Waals surface area contributed by atoms with Crippen LogP contribution in [0.25, 0.3) is 11.0 Å². The fourth-order valence-corrected chi connectivity index (χ4v) is 2.28. The van der Waals surface area contributed by atoms with E-state index in [1.54, 1.807) is 6.07 Å². The summed E-state index contributed by atoms with van der Waals surface area (Å²) in [5.41, 5.74) is 2.18. The van der Waals surface area contributed by atoms with Gasteiger partial charge in [-0.3, -0.25) is 4.79 Å². The van der Waals surface area contributed by atoms with Crippen LogP contribution >= 0.6 is 0 Å². The summed E-state index contributed by atoms with van der Waals surface area (Å²) in [5, 5.41) is 10.6. The monoisotopic (exact) mass is 274 g/mol. The number of hydrogen-bond acceptors (Lipinski definition) is 3. The first kappa shape index (κ1) is 14.5. The molecule has 0 saturated heterocycles. The standard InChI is InChI=1S/C15H22N4O/c1-10(2)8-19(9-11(3)4)15(20)12-5-6-13-14(7-12)17-18-16-13/h5-7,10-11H,8-9H2,1-4H3,(H,16,17,18). The summed E-state index contributed by atoms with van der Waals surface area (Å²) in [7, 11) is 0. The number of H-pyrrole nitrogens is 1. The van der Waals surface area contributed by atoms with Crippen LogP contribution in [0.2, 0.25) is 0 Å². The van der Waals surface area contributed by atoms with Crippen LogP contribution in [0.5, 0.6) is 0 Å². The number of aromatic nitrogens is 3. The predicted octanol–water partition coefficient (Wildman–Crippen LogP) is 2.71. The summed E-state index contributed by atoms with van der Waals surface area (Å²) in [6.07, 6.45) is 0. The molecular formula is C15H22N4O. The zero-order chi connectivity index (χ0) is 14.7. The number of rotatable bonds is 5. The van der Waals surface area contributed by atoms with E-state index < -0.39 is 0 Å². The van der Waals surface area contributed by atoms with E-state index in [0.717, 1.165) is 24.1 Å². The minimum atomic E-state index is 0.0669. The Hall–Kier alpha value is -1.91. The van der Waals surface area contributed by atoms with Gasteiger partial charge in [0.05, 0.1) is 0 Å². The molecule has 108 valence electrons. The molecule has 0 saturated carbocycles. The van der Waals surface area contributed by atoms with Crippen LogP contribution in [-0.2, 0) is 0 Å². The van der Waals surface area contributed by atoms with Gasteiger partial charge in [0.15, 0.2) is 0 Å². The summed E-state index contributed by atoms with van der Waals surface area (Å²) in [6.45, 7) is 10.0. The van der Waals surface area contributed by atoms with Crippen molar-refractivity contribution < 1.29 is 4.79 Å².